The number of nitrogens with zero attached hydrogens (tertiary/aromatic N) is 3. The van der Waals surface area contributed by atoms with Gasteiger partial charge in [-0.2, -0.15) is 10.1 Å². The van der Waals surface area contributed by atoms with Crippen LogP contribution >= 0.6 is 0 Å². The van der Waals surface area contributed by atoms with Gasteiger partial charge in [-0.25, -0.2) is 4.39 Å². The Bertz CT molecular complexity index is 827. The fourth-order valence-corrected chi connectivity index (χ4v) is 2.10. The van der Waals surface area contributed by atoms with E-state index in [0.717, 1.165) is 11.4 Å². The second kappa shape index (κ2) is 7.36. The number of aromatic nitrogens is 3. The molecule has 3 aromatic rings. The number of nitrogens with one attached hydrogen (secondary N) is 2. The smallest absolute Gasteiger partial charge is 0.249 e. The Morgan fingerprint density at radius 2 is 1.96 bits per heavy atom. The van der Waals surface area contributed by atoms with Gasteiger partial charge in [0.2, 0.25) is 5.95 Å². The predicted molar refractivity (Wildman–Crippen MR) is 90.4 cm³/mol. The number of hydrogen-bond donors (Lipinski definition) is 2. The lowest BCUT2D eigenvalue weighted by Crippen LogP contribution is -2.03. The number of para-hydroxylation sites is 2. The molecule has 2 aromatic carbocycles. The third kappa shape index (κ3) is 3.95. The molecule has 0 aliphatic heterocycles. The van der Waals surface area contributed by atoms with Crippen molar-refractivity contribution in [2.45, 2.75) is 6.92 Å². The second-order valence-electron chi connectivity index (χ2n) is 4.85. The van der Waals surface area contributed by atoms with Crippen molar-refractivity contribution in [1.82, 2.24) is 15.2 Å². The van der Waals surface area contributed by atoms with Crippen LogP contribution in [0.3, 0.4) is 0 Å². The van der Waals surface area contributed by atoms with Crippen LogP contribution in [0.15, 0.2) is 54.7 Å². The van der Waals surface area contributed by atoms with Crippen LogP contribution in [0, 0.1) is 5.82 Å². The molecule has 0 bridgehead atoms. The van der Waals surface area contributed by atoms with Crippen LogP contribution in [0.1, 0.15) is 6.92 Å². The molecule has 24 heavy (non-hydrogen) atoms. The summed E-state index contributed by atoms with van der Waals surface area (Å²) >= 11 is 0. The molecule has 0 saturated carbocycles. The van der Waals surface area contributed by atoms with Crippen LogP contribution in [-0.2, 0) is 0 Å². The molecule has 0 unspecified atom stereocenters. The van der Waals surface area contributed by atoms with Crippen LogP contribution in [0.2, 0.25) is 0 Å². The number of anilines is 4. The summed E-state index contributed by atoms with van der Waals surface area (Å²) in [7, 11) is 0. The third-order valence-electron chi connectivity index (χ3n) is 3.09. The van der Waals surface area contributed by atoms with E-state index < -0.39 is 0 Å². The molecule has 0 radical (unpaired) electrons. The first-order valence-electron chi connectivity index (χ1n) is 7.46. The lowest BCUT2D eigenvalue weighted by Gasteiger charge is -2.12. The number of benzene rings is 2. The molecule has 6 nitrogen and oxygen atoms in total. The van der Waals surface area contributed by atoms with Gasteiger partial charge in [0.25, 0.3) is 0 Å². The molecule has 0 aliphatic carbocycles. The maximum atomic E-state index is 13.2. The zero-order valence-electron chi connectivity index (χ0n) is 13.0. The number of rotatable bonds is 6. The molecule has 0 spiro atoms. The zero-order valence-corrected chi connectivity index (χ0v) is 13.0. The van der Waals surface area contributed by atoms with Crippen molar-refractivity contribution in [3.8, 4) is 5.75 Å². The number of ether oxygens (including phenoxy) is 1. The first kappa shape index (κ1) is 15.7. The van der Waals surface area contributed by atoms with Crippen molar-refractivity contribution < 1.29 is 9.13 Å². The highest BCUT2D eigenvalue weighted by atomic mass is 19.1. The van der Waals surface area contributed by atoms with E-state index in [-0.39, 0.29) is 11.8 Å². The highest BCUT2D eigenvalue weighted by molar-refractivity contribution is 5.64. The lowest BCUT2D eigenvalue weighted by molar-refractivity contribution is 0.342. The van der Waals surface area contributed by atoms with E-state index in [0.29, 0.717) is 18.1 Å². The van der Waals surface area contributed by atoms with Crippen molar-refractivity contribution in [2.75, 3.05) is 17.2 Å². The molecule has 1 heterocycles. The summed E-state index contributed by atoms with van der Waals surface area (Å²) in [5.74, 6) is 1.14. The van der Waals surface area contributed by atoms with Gasteiger partial charge in [0.1, 0.15) is 11.6 Å². The minimum Gasteiger partial charge on any atom is -0.492 e. The minimum absolute atomic E-state index is 0.263. The fraction of sp³-hybridized carbons (Fsp3) is 0.118. The Morgan fingerprint density at radius 3 is 2.79 bits per heavy atom. The van der Waals surface area contributed by atoms with Crippen molar-refractivity contribution in [3.63, 3.8) is 0 Å². The minimum atomic E-state index is -0.340. The van der Waals surface area contributed by atoms with Crippen LogP contribution < -0.4 is 15.4 Å². The molecule has 7 heteroatoms. The first-order valence-corrected chi connectivity index (χ1v) is 7.46. The monoisotopic (exact) mass is 325 g/mol. The molecule has 0 fully saturated rings. The standard InChI is InChI=1S/C17H16FN5O/c1-2-24-15-9-4-3-8-14(15)21-16-11-19-23-17(22-16)20-13-7-5-6-12(18)10-13/h3-11H,2H2,1H3,(H2,20,21,22,23). The lowest BCUT2D eigenvalue weighted by atomic mass is 10.3. The van der Waals surface area contributed by atoms with Gasteiger partial charge in [-0.05, 0) is 37.3 Å². The molecular weight excluding hydrogens is 309 g/mol. The van der Waals surface area contributed by atoms with Gasteiger partial charge >= 0.3 is 0 Å². The number of halogens is 1. The van der Waals surface area contributed by atoms with Gasteiger partial charge < -0.3 is 15.4 Å². The largest absolute Gasteiger partial charge is 0.492 e. The Labute approximate surface area is 138 Å². The Balaban J connectivity index is 1.78. The molecule has 0 amide bonds. The van der Waals surface area contributed by atoms with E-state index in [4.69, 9.17) is 4.74 Å². The van der Waals surface area contributed by atoms with E-state index in [1.54, 1.807) is 12.1 Å². The average Bonchev–Trinajstić information content (AvgIpc) is 2.57. The molecule has 0 atom stereocenters. The van der Waals surface area contributed by atoms with Crippen molar-refractivity contribution >= 4 is 23.1 Å². The quantitative estimate of drug-likeness (QED) is 0.716. The maximum Gasteiger partial charge on any atom is 0.249 e. The normalized spacial score (nSPS) is 10.2. The van der Waals surface area contributed by atoms with Crippen LogP contribution in [0.5, 0.6) is 5.75 Å². The molecule has 1 aromatic heterocycles. The summed E-state index contributed by atoms with van der Waals surface area (Å²) < 4.78 is 18.8. The average molecular weight is 325 g/mol. The molecule has 2 N–H and O–H groups in total. The van der Waals surface area contributed by atoms with Gasteiger partial charge in [0.05, 0.1) is 18.5 Å². The molecule has 3 rings (SSSR count). The molecule has 0 aliphatic rings. The van der Waals surface area contributed by atoms with Gasteiger partial charge in [0, 0.05) is 5.69 Å². The highest BCUT2D eigenvalue weighted by Gasteiger charge is 2.06. The van der Waals surface area contributed by atoms with E-state index in [9.17, 15) is 4.39 Å². The topological polar surface area (TPSA) is 72.0 Å². The molecule has 122 valence electrons. The van der Waals surface area contributed by atoms with E-state index in [2.05, 4.69) is 25.8 Å². The van der Waals surface area contributed by atoms with E-state index in [1.807, 2.05) is 31.2 Å². The predicted octanol–water partition coefficient (Wildman–Crippen LogP) is 3.90. The zero-order chi connectivity index (χ0) is 16.8. The molecular formula is C17H16FN5O. The SMILES string of the molecule is CCOc1ccccc1Nc1cnnc(Nc2cccc(F)c2)n1. The second-order valence-corrected chi connectivity index (χ2v) is 4.85. The van der Waals surface area contributed by atoms with E-state index in [1.165, 1.54) is 18.3 Å². The summed E-state index contributed by atoms with van der Waals surface area (Å²) in [6.45, 7) is 2.48. The Kier molecular flexibility index (Phi) is 4.81. The van der Waals surface area contributed by atoms with Crippen LogP contribution in [-0.4, -0.2) is 21.8 Å². The maximum absolute atomic E-state index is 13.2. The number of hydrogen-bond acceptors (Lipinski definition) is 6. The summed E-state index contributed by atoms with van der Waals surface area (Å²) in [6.07, 6.45) is 1.50. The van der Waals surface area contributed by atoms with Crippen molar-refractivity contribution in [1.29, 1.82) is 0 Å². The highest BCUT2D eigenvalue weighted by Crippen LogP contribution is 2.26. The Hall–Kier alpha value is -3.22. The molecule has 0 saturated heterocycles. The van der Waals surface area contributed by atoms with E-state index >= 15 is 0 Å². The first-order chi connectivity index (χ1) is 11.7. The van der Waals surface area contributed by atoms with Crippen LogP contribution in [0.4, 0.5) is 27.5 Å². The van der Waals surface area contributed by atoms with Crippen molar-refractivity contribution in [2.24, 2.45) is 0 Å². The third-order valence-corrected chi connectivity index (χ3v) is 3.09. The van der Waals surface area contributed by atoms with Crippen LogP contribution in [0.25, 0.3) is 0 Å². The Morgan fingerprint density at radius 1 is 1.08 bits per heavy atom. The van der Waals surface area contributed by atoms with Crippen molar-refractivity contribution in [3.05, 3.63) is 60.5 Å². The summed E-state index contributed by atoms with van der Waals surface area (Å²) in [5.41, 5.74) is 1.32. The van der Waals surface area contributed by atoms with Gasteiger partial charge in [0.15, 0.2) is 5.82 Å². The fourth-order valence-electron chi connectivity index (χ4n) is 2.10. The van der Waals surface area contributed by atoms with Gasteiger partial charge in [-0.15, -0.1) is 5.10 Å². The van der Waals surface area contributed by atoms with Gasteiger partial charge in [-0.1, -0.05) is 18.2 Å². The van der Waals surface area contributed by atoms with Gasteiger partial charge in [-0.3, -0.25) is 0 Å². The summed E-state index contributed by atoms with van der Waals surface area (Å²) in [5, 5.41) is 13.9. The summed E-state index contributed by atoms with van der Waals surface area (Å²) in [6, 6.07) is 13.6. The summed E-state index contributed by atoms with van der Waals surface area (Å²) in [4.78, 5) is 4.32.